The Bertz CT molecular complexity index is 1040. The van der Waals surface area contributed by atoms with E-state index in [0.29, 0.717) is 25.7 Å². The van der Waals surface area contributed by atoms with E-state index >= 15 is 0 Å². The lowest BCUT2D eigenvalue weighted by molar-refractivity contribution is -0.167. The molecule has 6 heteroatoms. The monoisotopic (exact) mass is 827 g/mol. The summed E-state index contributed by atoms with van der Waals surface area (Å²) in [6.45, 7) is 6.55. The summed E-state index contributed by atoms with van der Waals surface area (Å²) in [4.78, 5) is 37.8. The number of esters is 3. The largest absolute Gasteiger partial charge is 0.462 e. The van der Waals surface area contributed by atoms with Gasteiger partial charge in [0, 0.05) is 19.3 Å². The van der Waals surface area contributed by atoms with Gasteiger partial charge < -0.3 is 14.2 Å². The van der Waals surface area contributed by atoms with Crippen LogP contribution in [0.1, 0.15) is 252 Å². The zero-order valence-electron chi connectivity index (χ0n) is 39.0. The molecule has 0 saturated heterocycles. The number of hydrogen-bond acceptors (Lipinski definition) is 6. The molecule has 59 heavy (non-hydrogen) atoms. The maximum Gasteiger partial charge on any atom is 0.306 e. The van der Waals surface area contributed by atoms with Gasteiger partial charge in [-0.2, -0.15) is 0 Å². The molecule has 0 aromatic rings. The van der Waals surface area contributed by atoms with Crippen molar-refractivity contribution in [1.82, 2.24) is 0 Å². The predicted octanol–water partition coefficient (Wildman–Crippen LogP) is 16.3. The minimum absolute atomic E-state index is 0.0953. The van der Waals surface area contributed by atoms with Crippen LogP contribution in [-0.2, 0) is 28.6 Å². The number of unbranched alkanes of at least 4 members (excludes halogenated alkanes) is 27. The first kappa shape index (κ1) is 56.4. The van der Waals surface area contributed by atoms with Crippen molar-refractivity contribution in [3.8, 4) is 0 Å². The van der Waals surface area contributed by atoms with Gasteiger partial charge in [0.25, 0.3) is 0 Å². The van der Waals surface area contributed by atoms with Crippen LogP contribution in [0.4, 0.5) is 0 Å². The summed E-state index contributed by atoms with van der Waals surface area (Å²) in [5.74, 6) is -0.959. The molecule has 6 nitrogen and oxygen atoms in total. The smallest absolute Gasteiger partial charge is 0.306 e. The minimum atomic E-state index is -0.795. The average molecular weight is 827 g/mol. The van der Waals surface area contributed by atoms with Crippen LogP contribution >= 0.6 is 0 Å². The Kier molecular flexibility index (Phi) is 45.9. The molecule has 0 spiro atoms. The Hall–Kier alpha value is -2.63. The van der Waals surface area contributed by atoms with Gasteiger partial charge in [-0.25, -0.2) is 0 Å². The molecule has 0 rings (SSSR count). The SMILES string of the molecule is CCCCCC/C=C\CCCC(=O)OCC(COC(=O)CCCCCCC/C=C\C=C/CCCCCCCCC)OC(=O)CCCCC/C=C\CCCCCCCCC. The number of carbonyl (C=O) groups is 3. The summed E-state index contributed by atoms with van der Waals surface area (Å²) in [6, 6.07) is 0. The molecule has 0 N–H and O–H groups in total. The van der Waals surface area contributed by atoms with Gasteiger partial charge in [0.15, 0.2) is 6.10 Å². The third-order valence-corrected chi connectivity index (χ3v) is 10.8. The van der Waals surface area contributed by atoms with Crippen LogP contribution in [0, 0.1) is 0 Å². The van der Waals surface area contributed by atoms with Gasteiger partial charge in [0.2, 0.25) is 0 Å². The second kappa shape index (κ2) is 48.0. The first-order valence-corrected chi connectivity index (χ1v) is 25.2. The summed E-state index contributed by atoms with van der Waals surface area (Å²) in [6.07, 6.45) is 56.8. The molecule has 0 bridgehead atoms. The summed E-state index contributed by atoms with van der Waals surface area (Å²) >= 11 is 0. The first-order chi connectivity index (χ1) is 29.0. The minimum Gasteiger partial charge on any atom is -0.462 e. The van der Waals surface area contributed by atoms with Gasteiger partial charge in [-0.3, -0.25) is 14.4 Å². The Balaban J connectivity index is 4.38. The first-order valence-electron chi connectivity index (χ1n) is 25.2. The molecule has 0 heterocycles. The van der Waals surface area contributed by atoms with Gasteiger partial charge >= 0.3 is 17.9 Å². The second-order valence-electron chi connectivity index (χ2n) is 16.7. The average Bonchev–Trinajstić information content (AvgIpc) is 3.23. The molecule has 1 atom stereocenters. The number of hydrogen-bond donors (Lipinski definition) is 0. The third kappa shape index (κ3) is 46.3. The number of allylic oxidation sites excluding steroid dienone is 8. The quantitative estimate of drug-likeness (QED) is 0.0200. The number of ether oxygens (including phenoxy) is 3. The predicted molar refractivity (Wildman–Crippen MR) is 252 cm³/mol. The van der Waals surface area contributed by atoms with Gasteiger partial charge in [0.1, 0.15) is 13.2 Å². The van der Waals surface area contributed by atoms with Crippen molar-refractivity contribution < 1.29 is 28.6 Å². The van der Waals surface area contributed by atoms with Crippen molar-refractivity contribution in [1.29, 1.82) is 0 Å². The van der Waals surface area contributed by atoms with Crippen LogP contribution in [0.25, 0.3) is 0 Å². The van der Waals surface area contributed by atoms with Gasteiger partial charge in [-0.15, -0.1) is 0 Å². The van der Waals surface area contributed by atoms with Crippen LogP contribution in [0.2, 0.25) is 0 Å². The van der Waals surface area contributed by atoms with E-state index in [1.54, 1.807) is 0 Å². The lowest BCUT2D eigenvalue weighted by Crippen LogP contribution is -2.30. The maximum absolute atomic E-state index is 12.7. The molecule has 1 unspecified atom stereocenters. The molecular formula is C53H94O6. The normalized spacial score (nSPS) is 12.4. The van der Waals surface area contributed by atoms with E-state index in [-0.39, 0.29) is 31.1 Å². The zero-order chi connectivity index (χ0) is 43.0. The van der Waals surface area contributed by atoms with Gasteiger partial charge in [-0.1, -0.05) is 191 Å². The Morgan fingerprint density at radius 2 is 0.627 bits per heavy atom. The van der Waals surface area contributed by atoms with Crippen LogP contribution < -0.4 is 0 Å². The number of rotatable bonds is 45. The standard InChI is InChI=1S/C53H94O6/c1-4-7-10-13-16-19-21-23-25-26-27-28-30-31-34-37-40-43-46-52(55)58-49-50(48-57-51(54)45-42-39-36-33-18-15-12-9-6-3)59-53(56)47-44-41-38-35-32-29-24-22-20-17-14-11-8-5-2/h25-29,32-33,36,50H,4-24,30-31,34-35,37-49H2,1-3H3/b26-25-,28-27-,32-29-,36-33-. The molecule has 0 amide bonds. The Morgan fingerprint density at radius 3 is 1.05 bits per heavy atom. The van der Waals surface area contributed by atoms with E-state index in [4.69, 9.17) is 14.2 Å². The fourth-order valence-corrected chi connectivity index (χ4v) is 6.96. The molecular weight excluding hydrogens is 733 g/mol. The highest BCUT2D eigenvalue weighted by Gasteiger charge is 2.19. The van der Waals surface area contributed by atoms with Crippen LogP contribution in [0.15, 0.2) is 48.6 Å². The van der Waals surface area contributed by atoms with Gasteiger partial charge in [0.05, 0.1) is 0 Å². The van der Waals surface area contributed by atoms with Crippen molar-refractivity contribution >= 4 is 17.9 Å². The molecule has 0 aromatic carbocycles. The van der Waals surface area contributed by atoms with E-state index in [1.807, 2.05) is 0 Å². The Labute approximate surface area is 365 Å². The summed E-state index contributed by atoms with van der Waals surface area (Å²) in [7, 11) is 0. The van der Waals surface area contributed by atoms with E-state index in [0.717, 1.165) is 83.5 Å². The van der Waals surface area contributed by atoms with Crippen LogP contribution in [0.5, 0.6) is 0 Å². The van der Waals surface area contributed by atoms with E-state index in [2.05, 4.69) is 69.4 Å². The molecule has 0 saturated carbocycles. The highest BCUT2D eigenvalue weighted by Crippen LogP contribution is 2.13. The maximum atomic E-state index is 12.7. The topological polar surface area (TPSA) is 78.9 Å². The molecule has 0 radical (unpaired) electrons. The second-order valence-corrected chi connectivity index (χ2v) is 16.7. The summed E-state index contributed by atoms with van der Waals surface area (Å²) in [5.41, 5.74) is 0. The fourth-order valence-electron chi connectivity index (χ4n) is 6.96. The Morgan fingerprint density at radius 1 is 0.339 bits per heavy atom. The summed E-state index contributed by atoms with van der Waals surface area (Å²) < 4.78 is 16.7. The molecule has 0 aliphatic carbocycles. The highest BCUT2D eigenvalue weighted by molar-refractivity contribution is 5.71. The van der Waals surface area contributed by atoms with Crippen LogP contribution in [-0.4, -0.2) is 37.2 Å². The van der Waals surface area contributed by atoms with Gasteiger partial charge in [-0.05, 0) is 89.9 Å². The van der Waals surface area contributed by atoms with Crippen molar-refractivity contribution in [2.45, 2.75) is 258 Å². The lowest BCUT2D eigenvalue weighted by atomic mass is 10.1. The van der Waals surface area contributed by atoms with Crippen molar-refractivity contribution in [3.63, 3.8) is 0 Å². The van der Waals surface area contributed by atoms with Crippen LogP contribution in [0.3, 0.4) is 0 Å². The van der Waals surface area contributed by atoms with E-state index in [9.17, 15) is 14.4 Å². The highest BCUT2D eigenvalue weighted by atomic mass is 16.6. The molecule has 0 aliphatic rings. The van der Waals surface area contributed by atoms with E-state index < -0.39 is 6.10 Å². The molecule has 0 fully saturated rings. The zero-order valence-corrected chi connectivity index (χ0v) is 39.0. The lowest BCUT2D eigenvalue weighted by Gasteiger charge is -2.18. The molecule has 342 valence electrons. The third-order valence-electron chi connectivity index (χ3n) is 10.8. The summed E-state index contributed by atoms with van der Waals surface area (Å²) in [5, 5.41) is 0. The molecule has 0 aliphatic heterocycles. The number of carbonyl (C=O) groups excluding carboxylic acids is 3. The van der Waals surface area contributed by atoms with E-state index in [1.165, 1.54) is 122 Å². The molecule has 0 aromatic heterocycles. The van der Waals surface area contributed by atoms with Crippen molar-refractivity contribution in [3.05, 3.63) is 48.6 Å². The van der Waals surface area contributed by atoms with Crippen molar-refractivity contribution in [2.75, 3.05) is 13.2 Å². The van der Waals surface area contributed by atoms with Crippen molar-refractivity contribution in [2.24, 2.45) is 0 Å². The fraction of sp³-hybridized carbons (Fsp3) is 0.792.